The minimum Gasteiger partial charge on any atom is -0.332 e. The van der Waals surface area contributed by atoms with Crippen LogP contribution in [-0.4, -0.2) is 10.6 Å². The monoisotopic (exact) mass is 542 g/mol. The van der Waals surface area contributed by atoms with Crippen LogP contribution in [0.25, 0.3) is 38.6 Å². The van der Waals surface area contributed by atoms with Crippen molar-refractivity contribution in [1.29, 1.82) is 0 Å². The lowest BCUT2D eigenvalue weighted by Crippen LogP contribution is -2.29. The summed E-state index contributed by atoms with van der Waals surface area (Å²) in [5.41, 5.74) is 14.8. The number of fused-ring (bicyclic) bond motifs is 10. The first-order valence-corrected chi connectivity index (χ1v) is 15.4. The van der Waals surface area contributed by atoms with E-state index in [-0.39, 0.29) is 5.41 Å². The highest BCUT2D eigenvalue weighted by atomic mass is 15.2. The van der Waals surface area contributed by atoms with Gasteiger partial charge in [-0.15, -0.1) is 0 Å². The first kappa shape index (κ1) is 24.1. The molecule has 5 aromatic carbocycles. The molecule has 0 saturated carbocycles. The number of allylic oxidation sites excluding steroid dienone is 1. The second-order valence-corrected chi connectivity index (χ2v) is 13.0. The van der Waals surface area contributed by atoms with Gasteiger partial charge in [0, 0.05) is 33.5 Å². The fourth-order valence-electron chi connectivity index (χ4n) is 8.37. The molecular formula is C40H34N2. The van der Waals surface area contributed by atoms with Gasteiger partial charge in [0.25, 0.3) is 0 Å². The van der Waals surface area contributed by atoms with Crippen LogP contribution in [0.1, 0.15) is 54.9 Å². The highest BCUT2D eigenvalue weighted by molar-refractivity contribution is 6.15. The summed E-state index contributed by atoms with van der Waals surface area (Å²) in [6, 6.07) is 39.3. The summed E-state index contributed by atoms with van der Waals surface area (Å²) >= 11 is 0. The van der Waals surface area contributed by atoms with Crippen molar-refractivity contribution in [2.45, 2.75) is 51.0 Å². The molecule has 204 valence electrons. The lowest BCUT2D eigenvalue weighted by Gasteiger charge is -2.31. The number of anilines is 2. The minimum absolute atomic E-state index is 0.00345. The van der Waals surface area contributed by atoms with Crippen LogP contribution in [0.4, 0.5) is 11.4 Å². The molecule has 2 atom stereocenters. The normalized spacial score (nSPS) is 19.6. The maximum atomic E-state index is 2.64. The third-order valence-corrected chi connectivity index (χ3v) is 10.3. The molecule has 0 bridgehead atoms. The zero-order valence-corrected chi connectivity index (χ0v) is 24.4. The summed E-state index contributed by atoms with van der Waals surface area (Å²) in [5, 5.41) is 2.64. The number of hydrogen-bond donors (Lipinski definition) is 0. The Morgan fingerprint density at radius 2 is 1.55 bits per heavy atom. The Morgan fingerprint density at radius 3 is 2.45 bits per heavy atom. The maximum Gasteiger partial charge on any atom is 0.0782 e. The minimum atomic E-state index is -0.00345. The van der Waals surface area contributed by atoms with Crippen LogP contribution in [0.5, 0.6) is 0 Å². The molecule has 2 aliphatic carbocycles. The zero-order chi connectivity index (χ0) is 28.2. The number of aromatic nitrogens is 1. The van der Waals surface area contributed by atoms with Gasteiger partial charge < -0.3 is 9.47 Å². The van der Waals surface area contributed by atoms with Crippen molar-refractivity contribution < 1.29 is 0 Å². The van der Waals surface area contributed by atoms with Crippen molar-refractivity contribution in [1.82, 2.24) is 4.57 Å². The second-order valence-electron chi connectivity index (χ2n) is 13.0. The van der Waals surface area contributed by atoms with E-state index in [1.807, 2.05) is 0 Å². The van der Waals surface area contributed by atoms with Crippen molar-refractivity contribution >= 4 is 33.2 Å². The molecule has 0 amide bonds. The second kappa shape index (κ2) is 8.49. The topological polar surface area (TPSA) is 8.17 Å². The predicted molar refractivity (Wildman–Crippen MR) is 177 cm³/mol. The molecule has 0 saturated heterocycles. The quantitative estimate of drug-likeness (QED) is 0.198. The van der Waals surface area contributed by atoms with Gasteiger partial charge in [-0.25, -0.2) is 0 Å². The molecule has 3 aliphatic rings. The number of para-hydroxylation sites is 1. The van der Waals surface area contributed by atoms with Crippen molar-refractivity contribution in [2.24, 2.45) is 0 Å². The molecule has 0 fully saturated rings. The van der Waals surface area contributed by atoms with Crippen LogP contribution in [0.15, 0.2) is 115 Å². The predicted octanol–water partition coefficient (Wildman–Crippen LogP) is 10.4. The highest BCUT2D eigenvalue weighted by Crippen LogP contribution is 2.54. The Balaban J connectivity index is 1.38. The molecule has 0 radical (unpaired) electrons. The van der Waals surface area contributed by atoms with Crippen molar-refractivity contribution in [3.63, 3.8) is 0 Å². The number of benzene rings is 5. The first-order valence-electron chi connectivity index (χ1n) is 15.4. The van der Waals surface area contributed by atoms with Gasteiger partial charge >= 0.3 is 0 Å². The summed E-state index contributed by atoms with van der Waals surface area (Å²) in [4.78, 5) is 2.64. The van der Waals surface area contributed by atoms with Gasteiger partial charge in [0.05, 0.1) is 22.8 Å². The third kappa shape index (κ3) is 3.10. The van der Waals surface area contributed by atoms with Crippen molar-refractivity contribution in [2.75, 3.05) is 4.90 Å². The van der Waals surface area contributed by atoms with Gasteiger partial charge in [0.1, 0.15) is 0 Å². The standard InChI is InChI=1S/C40H34N2/c1-25-11-10-12-26(23-25)41-36-17-8-5-14-29(36)31-20-21-32-30-15-6-9-18-37(30)42(39(32)38(31)41)27-19-22-35-33(24-27)28-13-4-7-16-34(28)40(35,2)3/h4,6-13,15-24,29,36H,5,14H2,1-3H3. The number of hydrogen-bond acceptors (Lipinski definition) is 1. The maximum absolute atomic E-state index is 2.64. The molecule has 0 N–H and O–H groups in total. The largest absolute Gasteiger partial charge is 0.332 e. The Morgan fingerprint density at radius 1 is 0.714 bits per heavy atom. The van der Waals surface area contributed by atoms with Gasteiger partial charge in [0.15, 0.2) is 0 Å². The summed E-state index contributed by atoms with van der Waals surface area (Å²) in [5.74, 6) is 0.495. The van der Waals surface area contributed by atoms with Crippen LogP contribution in [0.2, 0.25) is 0 Å². The molecule has 1 aromatic heterocycles. The average molecular weight is 543 g/mol. The molecule has 6 aromatic rings. The number of rotatable bonds is 2. The Kier molecular flexibility index (Phi) is 4.86. The van der Waals surface area contributed by atoms with Crippen LogP contribution in [0, 0.1) is 6.92 Å². The third-order valence-electron chi connectivity index (χ3n) is 10.3. The van der Waals surface area contributed by atoms with E-state index in [1.165, 1.54) is 78.7 Å². The van der Waals surface area contributed by atoms with Crippen molar-refractivity contribution in [3.05, 3.63) is 138 Å². The van der Waals surface area contributed by atoms with Gasteiger partial charge in [-0.1, -0.05) is 98.8 Å². The zero-order valence-electron chi connectivity index (χ0n) is 24.4. The lowest BCUT2D eigenvalue weighted by atomic mass is 9.82. The molecule has 2 heterocycles. The van der Waals surface area contributed by atoms with Crippen LogP contribution < -0.4 is 4.90 Å². The van der Waals surface area contributed by atoms with Crippen LogP contribution in [-0.2, 0) is 5.41 Å². The molecular weight excluding hydrogens is 508 g/mol. The van der Waals surface area contributed by atoms with E-state index in [2.05, 4.69) is 146 Å². The van der Waals surface area contributed by atoms with E-state index in [0.29, 0.717) is 12.0 Å². The summed E-state index contributed by atoms with van der Waals surface area (Å²) in [7, 11) is 0. The molecule has 42 heavy (non-hydrogen) atoms. The van der Waals surface area contributed by atoms with E-state index >= 15 is 0 Å². The SMILES string of the molecule is Cc1cccc(N2c3c(ccc4c5ccccc5n(-c5ccc6c(c5)-c5ccccc5C6(C)C)c34)C3CCC=CC32)c1. The Hall–Kier alpha value is -4.56. The molecule has 9 rings (SSSR count). The Labute approximate surface area is 247 Å². The smallest absolute Gasteiger partial charge is 0.0782 e. The van der Waals surface area contributed by atoms with Crippen LogP contribution in [0.3, 0.4) is 0 Å². The fraction of sp³-hybridized carbons (Fsp3) is 0.200. The van der Waals surface area contributed by atoms with Gasteiger partial charge in [-0.3, -0.25) is 0 Å². The van der Waals surface area contributed by atoms with E-state index in [9.17, 15) is 0 Å². The molecule has 2 heteroatoms. The molecule has 2 unspecified atom stereocenters. The van der Waals surface area contributed by atoms with Gasteiger partial charge in [-0.2, -0.15) is 0 Å². The van der Waals surface area contributed by atoms with E-state index < -0.39 is 0 Å². The summed E-state index contributed by atoms with van der Waals surface area (Å²) < 4.78 is 2.56. The molecule has 2 nitrogen and oxygen atoms in total. The Bertz CT molecular complexity index is 2110. The van der Waals surface area contributed by atoms with Crippen molar-refractivity contribution in [3.8, 4) is 16.8 Å². The number of nitrogens with zero attached hydrogens (tertiary/aromatic N) is 2. The first-order chi connectivity index (χ1) is 20.5. The van der Waals surface area contributed by atoms with E-state index in [1.54, 1.807) is 0 Å². The van der Waals surface area contributed by atoms with E-state index in [4.69, 9.17) is 0 Å². The summed E-state index contributed by atoms with van der Waals surface area (Å²) in [6.07, 6.45) is 7.18. The van der Waals surface area contributed by atoms with Crippen LogP contribution >= 0.6 is 0 Å². The van der Waals surface area contributed by atoms with Gasteiger partial charge in [-0.05, 0) is 83.5 Å². The lowest BCUT2D eigenvalue weighted by molar-refractivity contribution is 0.573. The number of aryl methyl sites for hydroxylation is 1. The average Bonchev–Trinajstić information content (AvgIpc) is 3.61. The van der Waals surface area contributed by atoms with Gasteiger partial charge in [0.2, 0.25) is 0 Å². The summed E-state index contributed by atoms with van der Waals surface area (Å²) in [6.45, 7) is 6.93. The van der Waals surface area contributed by atoms with E-state index in [0.717, 1.165) is 6.42 Å². The highest BCUT2D eigenvalue weighted by Gasteiger charge is 2.41. The molecule has 0 spiro atoms. The fourth-order valence-corrected chi connectivity index (χ4v) is 8.37. The molecule has 1 aliphatic heterocycles.